The van der Waals surface area contributed by atoms with Gasteiger partial charge in [0.05, 0.1) is 0 Å². The summed E-state index contributed by atoms with van der Waals surface area (Å²) in [5.74, 6) is 2.35. The summed E-state index contributed by atoms with van der Waals surface area (Å²) in [5, 5.41) is 0. The van der Waals surface area contributed by atoms with Gasteiger partial charge in [-0.2, -0.15) is 4.98 Å². The molecule has 1 aliphatic heterocycles. The molecular formula is C22H32N6O2. The molecule has 3 rings (SSSR count). The molecule has 0 N–H and O–H groups in total. The minimum atomic E-state index is -0.281. The van der Waals surface area contributed by atoms with E-state index in [1.165, 1.54) is 0 Å². The van der Waals surface area contributed by atoms with Crippen LogP contribution >= 0.6 is 0 Å². The smallest absolute Gasteiger partial charge is 0.347 e. The van der Waals surface area contributed by atoms with E-state index in [-0.39, 0.29) is 11.6 Å². The quantitative estimate of drug-likeness (QED) is 0.720. The zero-order chi connectivity index (χ0) is 21.8. The number of piperidine rings is 1. The summed E-state index contributed by atoms with van der Waals surface area (Å²) in [6, 6.07) is 3.92. The third-order valence-corrected chi connectivity index (χ3v) is 5.70. The second-order valence-corrected chi connectivity index (χ2v) is 8.41. The lowest BCUT2D eigenvalue weighted by Gasteiger charge is -2.32. The number of amides is 1. The van der Waals surface area contributed by atoms with E-state index in [1.54, 1.807) is 11.5 Å². The van der Waals surface area contributed by atoms with Crippen LogP contribution in [0.2, 0.25) is 0 Å². The molecule has 0 spiro atoms. The third-order valence-electron chi connectivity index (χ3n) is 5.70. The number of nitrogens with zero attached hydrogens (tertiary/aromatic N) is 6. The van der Waals surface area contributed by atoms with Crippen LogP contribution < -0.4 is 10.6 Å². The fraction of sp³-hybridized carbons (Fsp3) is 0.591. The topological polar surface area (TPSA) is 84.2 Å². The highest BCUT2D eigenvalue weighted by Gasteiger charge is 2.23. The summed E-state index contributed by atoms with van der Waals surface area (Å²) >= 11 is 0. The van der Waals surface area contributed by atoms with E-state index in [2.05, 4.69) is 21.0 Å². The highest BCUT2D eigenvalue weighted by molar-refractivity contribution is 5.76. The van der Waals surface area contributed by atoms with Crippen LogP contribution in [0.3, 0.4) is 0 Å². The number of carbonyl (C=O) groups excluding carboxylic acids is 1. The molecule has 0 bridgehead atoms. The fourth-order valence-electron chi connectivity index (χ4n) is 4.04. The van der Waals surface area contributed by atoms with Crippen molar-refractivity contribution in [3.63, 3.8) is 0 Å². The van der Waals surface area contributed by atoms with Gasteiger partial charge < -0.3 is 9.80 Å². The molecule has 0 aliphatic carbocycles. The SMILES string of the molecule is Cc1cc(C)n(CCC(=O)N2CCC(Cc3cc(N(C)C)nc(C)n3)CC2)c(=O)n1. The lowest BCUT2D eigenvalue weighted by atomic mass is 9.92. The van der Waals surface area contributed by atoms with Crippen LogP contribution in [-0.2, 0) is 17.8 Å². The number of anilines is 1. The minimum absolute atomic E-state index is 0.105. The van der Waals surface area contributed by atoms with E-state index < -0.39 is 0 Å². The zero-order valence-corrected chi connectivity index (χ0v) is 18.7. The maximum absolute atomic E-state index is 12.7. The van der Waals surface area contributed by atoms with Crippen molar-refractivity contribution in [1.82, 2.24) is 24.4 Å². The normalized spacial score (nSPS) is 14.8. The predicted molar refractivity (Wildman–Crippen MR) is 117 cm³/mol. The van der Waals surface area contributed by atoms with Gasteiger partial charge in [0.2, 0.25) is 5.91 Å². The van der Waals surface area contributed by atoms with Crippen molar-refractivity contribution in [2.75, 3.05) is 32.1 Å². The molecule has 1 amide bonds. The first-order valence-electron chi connectivity index (χ1n) is 10.6. The lowest BCUT2D eigenvalue weighted by molar-refractivity contribution is -0.132. The Labute approximate surface area is 178 Å². The number of hydrogen-bond donors (Lipinski definition) is 0. The molecule has 0 atom stereocenters. The molecule has 3 heterocycles. The molecule has 8 heteroatoms. The molecule has 0 unspecified atom stereocenters. The number of carbonyl (C=O) groups is 1. The van der Waals surface area contributed by atoms with E-state index in [4.69, 9.17) is 0 Å². The van der Waals surface area contributed by atoms with Crippen LogP contribution in [0.1, 0.15) is 42.2 Å². The Morgan fingerprint density at radius 2 is 1.80 bits per heavy atom. The van der Waals surface area contributed by atoms with Gasteiger partial charge >= 0.3 is 5.69 Å². The van der Waals surface area contributed by atoms with Gasteiger partial charge in [0.15, 0.2) is 0 Å². The second kappa shape index (κ2) is 9.36. The third kappa shape index (κ3) is 5.43. The highest BCUT2D eigenvalue weighted by atomic mass is 16.2. The first-order valence-corrected chi connectivity index (χ1v) is 10.6. The molecule has 0 radical (unpaired) electrons. The Bertz CT molecular complexity index is 961. The van der Waals surface area contributed by atoms with E-state index in [1.807, 2.05) is 43.8 Å². The van der Waals surface area contributed by atoms with E-state index in [0.717, 1.165) is 55.4 Å². The summed E-state index contributed by atoms with van der Waals surface area (Å²) in [7, 11) is 3.97. The van der Waals surface area contributed by atoms with Gasteiger partial charge in [-0.15, -0.1) is 0 Å². The minimum Gasteiger partial charge on any atom is -0.363 e. The van der Waals surface area contributed by atoms with Crippen molar-refractivity contribution in [2.45, 2.75) is 53.0 Å². The first-order chi connectivity index (χ1) is 14.2. The molecule has 1 saturated heterocycles. The summed E-state index contributed by atoms with van der Waals surface area (Å²) in [4.78, 5) is 41.7. The van der Waals surface area contributed by atoms with Crippen molar-refractivity contribution in [3.8, 4) is 0 Å². The molecule has 162 valence electrons. The van der Waals surface area contributed by atoms with Crippen LogP contribution in [0.4, 0.5) is 5.82 Å². The van der Waals surface area contributed by atoms with Crippen molar-refractivity contribution in [1.29, 1.82) is 0 Å². The number of likely N-dealkylation sites (tertiary alicyclic amines) is 1. The number of aromatic nitrogens is 4. The summed E-state index contributed by atoms with van der Waals surface area (Å²) in [5.41, 5.74) is 2.34. The Balaban J connectivity index is 1.52. The van der Waals surface area contributed by atoms with Crippen LogP contribution in [0.25, 0.3) is 0 Å². The number of aryl methyl sites for hydroxylation is 3. The van der Waals surface area contributed by atoms with Gasteiger partial charge in [-0.1, -0.05) is 0 Å². The van der Waals surface area contributed by atoms with Crippen molar-refractivity contribution >= 4 is 11.7 Å². The van der Waals surface area contributed by atoms with Crippen LogP contribution in [0, 0.1) is 26.7 Å². The highest BCUT2D eigenvalue weighted by Crippen LogP contribution is 2.23. The zero-order valence-electron chi connectivity index (χ0n) is 18.7. The molecule has 2 aromatic rings. The van der Waals surface area contributed by atoms with Crippen LogP contribution in [-0.4, -0.2) is 57.5 Å². The molecule has 8 nitrogen and oxygen atoms in total. The lowest BCUT2D eigenvalue weighted by Crippen LogP contribution is -2.39. The Morgan fingerprint density at radius 1 is 1.10 bits per heavy atom. The van der Waals surface area contributed by atoms with E-state index in [9.17, 15) is 9.59 Å². The predicted octanol–water partition coefficient (Wildman–Crippen LogP) is 1.90. The Morgan fingerprint density at radius 3 is 2.43 bits per heavy atom. The van der Waals surface area contributed by atoms with E-state index in [0.29, 0.717) is 24.6 Å². The maximum Gasteiger partial charge on any atom is 0.347 e. The number of rotatable bonds is 6. The average Bonchev–Trinajstić information content (AvgIpc) is 2.67. The van der Waals surface area contributed by atoms with Crippen molar-refractivity contribution in [3.05, 3.63) is 45.5 Å². The summed E-state index contributed by atoms with van der Waals surface area (Å²) in [6.07, 6.45) is 3.18. The average molecular weight is 413 g/mol. The van der Waals surface area contributed by atoms with Gasteiger partial charge in [0, 0.05) is 63.3 Å². The van der Waals surface area contributed by atoms with Gasteiger partial charge in [0.25, 0.3) is 0 Å². The molecule has 2 aromatic heterocycles. The molecule has 0 saturated carbocycles. The van der Waals surface area contributed by atoms with Crippen molar-refractivity contribution < 1.29 is 4.79 Å². The van der Waals surface area contributed by atoms with Gasteiger partial charge in [-0.25, -0.2) is 14.8 Å². The maximum atomic E-state index is 12.7. The molecular weight excluding hydrogens is 380 g/mol. The molecule has 30 heavy (non-hydrogen) atoms. The van der Waals surface area contributed by atoms with Crippen LogP contribution in [0.15, 0.2) is 16.9 Å². The van der Waals surface area contributed by atoms with Gasteiger partial charge in [-0.3, -0.25) is 9.36 Å². The first kappa shape index (κ1) is 21.9. The Hall–Kier alpha value is -2.77. The second-order valence-electron chi connectivity index (χ2n) is 8.41. The van der Waals surface area contributed by atoms with Crippen molar-refractivity contribution in [2.24, 2.45) is 5.92 Å². The van der Waals surface area contributed by atoms with Crippen LogP contribution in [0.5, 0.6) is 0 Å². The summed E-state index contributed by atoms with van der Waals surface area (Å²) < 4.78 is 1.58. The van der Waals surface area contributed by atoms with E-state index >= 15 is 0 Å². The Kier molecular flexibility index (Phi) is 6.84. The fourth-order valence-corrected chi connectivity index (χ4v) is 4.04. The molecule has 1 fully saturated rings. The van der Waals surface area contributed by atoms with Gasteiger partial charge in [0.1, 0.15) is 11.6 Å². The monoisotopic (exact) mass is 412 g/mol. The number of hydrogen-bond acceptors (Lipinski definition) is 6. The standard InChI is InChI=1S/C22H32N6O2/c1-15-12-16(2)28(22(30)23-15)11-8-21(29)27-9-6-18(7-10-27)13-19-14-20(26(4)5)25-17(3)24-19/h12,14,18H,6-11,13H2,1-5H3. The summed E-state index contributed by atoms with van der Waals surface area (Å²) in [6.45, 7) is 7.50. The largest absolute Gasteiger partial charge is 0.363 e. The van der Waals surface area contributed by atoms with Gasteiger partial charge in [-0.05, 0) is 52.0 Å². The molecule has 1 aliphatic rings. The molecule has 0 aromatic carbocycles.